The van der Waals surface area contributed by atoms with Crippen molar-refractivity contribution in [2.75, 3.05) is 0 Å². The zero-order chi connectivity index (χ0) is 25.7. The molecule has 2 aromatic carbocycles. The number of esters is 1. The van der Waals surface area contributed by atoms with Gasteiger partial charge in [0.2, 0.25) is 11.6 Å². The standard InChI is InChI=1S/C26H26Cl2O7/c1-14-6-9-22(30)25(32)21(29)5-3-4-17-11-18(12-23(31)24(17)26(33)35-15(14)2)34-13-16-7-8-19(27)20(28)10-16/h7-8,10-12,14-15,31H,3-6,9,13H2,1-2H3/t14-,15-/m0/s1. The van der Waals surface area contributed by atoms with E-state index in [1.807, 2.05) is 0 Å². The molecule has 0 bridgehead atoms. The number of cyclic esters (lactones) is 1. The number of fused-ring (bicyclic) bond motifs is 1. The highest BCUT2D eigenvalue weighted by molar-refractivity contribution is 6.63. The molecule has 0 fully saturated rings. The van der Waals surface area contributed by atoms with Crippen molar-refractivity contribution in [3.63, 3.8) is 0 Å². The number of aromatic hydroxyl groups is 1. The lowest BCUT2D eigenvalue weighted by Crippen LogP contribution is -2.27. The van der Waals surface area contributed by atoms with Crippen LogP contribution in [0.3, 0.4) is 0 Å². The molecule has 0 unspecified atom stereocenters. The highest BCUT2D eigenvalue weighted by atomic mass is 35.5. The van der Waals surface area contributed by atoms with Gasteiger partial charge in [0, 0.05) is 18.9 Å². The van der Waals surface area contributed by atoms with E-state index in [2.05, 4.69) is 0 Å². The molecular formula is C26H26Cl2O7. The van der Waals surface area contributed by atoms with Crippen LogP contribution >= 0.6 is 23.2 Å². The van der Waals surface area contributed by atoms with Crippen LogP contribution in [0.15, 0.2) is 30.3 Å². The molecule has 1 heterocycles. The first kappa shape index (κ1) is 26.7. The Morgan fingerprint density at radius 1 is 0.971 bits per heavy atom. The van der Waals surface area contributed by atoms with Crippen LogP contribution in [0.4, 0.5) is 0 Å². The third-order valence-corrected chi connectivity index (χ3v) is 6.78. The van der Waals surface area contributed by atoms with Crippen molar-refractivity contribution in [1.82, 2.24) is 0 Å². The van der Waals surface area contributed by atoms with Crippen LogP contribution in [-0.4, -0.2) is 34.5 Å². The zero-order valence-electron chi connectivity index (χ0n) is 19.4. The topological polar surface area (TPSA) is 107 Å². The Morgan fingerprint density at radius 2 is 1.69 bits per heavy atom. The van der Waals surface area contributed by atoms with Crippen molar-refractivity contribution in [2.24, 2.45) is 5.92 Å². The first-order chi connectivity index (χ1) is 16.6. The second kappa shape index (κ2) is 11.7. The molecule has 7 nitrogen and oxygen atoms in total. The Balaban J connectivity index is 1.88. The normalized spacial score (nSPS) is 20.1. The Hall–Kier alpha value is -2.90. The molecule has 0 amide bonds. The van der Waals surface area contributed by atoms with Gasteiger partial charge < -0.3 is 14.6 Å². The maximum atomic E-state index is 13.0. The predicted molar refractivity (Wildman–Crippen MR) is 130 cm³/mol. The number of phenols is 1. The maximum absolute atomic E-state index is 13.0. The smallest absolute Gasteiger partial charge is 0.342 e. The van der Waals surface area contributed by atoms with Gasteiger partial charge in [-0.25, -0.2) is 4.79 Å². The summed E-state index contributed by atoms with van der Waals surface area (Å²) in [7, 11) is 0. The second-order valence-electron chi connectivity index (χ2n) is 8.67. The molecule has 1 aliphatic heterocycles. The van der Waals surface area contributed by atoms with E-state index in [0.717, 1.165) is 5.56 Å². The Morgan fingerprint density at radius 3 is 2.40 bits per heavy atom. The van der Waals surface area contributed by atoms with Crippen LogP contribution in [0.5, 0.6) is 11.5 Å². The molecule has 35 heavy (non-hydrogen) atoms. The van der Waals surface area contributed by atoms with Gasteiger partial charge in [-0.2, -0.15) is 0 Å². The van der Waals surface area contributed by atoms with Crippen LogP contribution < -0.4 is 4.74 Å². The van der Waals surface area contributed by atoms with Crippen molar-refractivity contribution in [2.45, 2.75) is 58.7 Å². The van der Waals surface area contributed by atoms with Crippen LogP contribution in [-0.2, 0) is 32.1 Å². The average molecular weight is 521 g/mol. The second-order valence-corrected chi connectivity index (χ2v) is 9.48. The van der Waals surface area contributed by atoms with Crippen molar-refractivity contribution in [3.8, 4) is 11.5 Å². The van der Waals surface area contributed by atoms with Gasteiger partial charge in [-0.3, -0.25) is 14.4 Å². The zero-order valence-corrected chi connectivity index (χ0v) is 20.9. The number of carbonyl (C=O) groups is 4. The molecule has 186 valence electrons. The summed E-state index contributed by atoms with van der Waals surface area (Å²) >= 11 is 12.0. The molecule has 9 heteroatoms. The quantitative estimate of drug-likeness (QED) is 0.433. The monoisotopic (exact) mass is 520 g/mol. The summed E-state index contributed by atoms with van der Waals surface area (Å²) in [5.41, 5.74) is 1.13. The van der Waals surface area contributed by atoms with Crippen molar-refractivity contribution < 1.29 is 33.8 Å². The Labute approximate surface area is 213 Å². The van der Waals surface area contributed by atoms with Gasteiger partial charge in [0.05, 0.1) is 10.0 Å². The van der Waals surface area contributed by atoms with Gasteiger partial charge in [-0.05, 0) is 61.4 Å². The van der Waals surface area contributed by atoms with E-state index in [-0.39, 0.29) is 55.9 Å². The summed E-state index contributed by atoms with van der Waals surface area (Å²) in [5.74, 6) is -3.46. The molecule has 0 spiro atoms. The first-order valence-corrected chi connectivity index (χ1v) is 12.1. The van der Waals surface area contributed by atoms with Gasteiger partial charge in [-0.1, -0.05) is 36.2 Å². The van der Waals surface area contributed by atoms with Crippen molar-refractivity contribution in [1.29, 1.82) is 0 Å². The summed E-state index contributed by atoms with van der Waals surface area (Å²) in [5, 5.41) is 11.5. The number of phenolic OH excluding ortho intramolecular Hbond substituents is 1. The van der Waals surface area contributed by atoms with Gasteiger partial charge in [-0.15, -0.1) is 0 Å². The van der Waals surface area contributed by atoms with Gasteiger partial charge in [0.1, 0.15) is 29.8 Å². The molecule has 0 aromatic heterocycles. The molecule has 0 saturated heterocycles. The van der Waals surface area contributed by atoms with E-state index in [0.29, 0.717) is 21.4 Å². The number of Topliss-reactive ketones (excluding diaryl/α,β-unsaturated/α-hetero) is 3. The minimum absolute atomic E-state index is 0.0159. The van der Waals surface area contributed by atoms with E-state index in [1.54, 1.807) is 38.1 Å². The molecule has 0 radical (unpaired) electrons. The molecule has 2 aromatic rings. The molecule has 0 aliphatic carbocycles. The fourth-order valence-corrected chi connectivity index (χ4v) is 4.05. The van der Waals surface area contributed by atoms with Crippen molar-refractivity contribution >= 4 is 46.5 Å². The number of benzene rings is 2. The largest absolute Gasteiger partial charge is 0.507 e. The molecule has 1 aliphatic rings. The van der Waals surface area contributed by atoms with Gasteiger partial charge in [0.25, 0.3) is 5.78 Å². The summed E-state index contributed by atoms with van der Waals surface area (Å²) in [6, 6.07) is 7.96. The van der Waals surface area contributed by atoms with E-state index in [1.165, 1.54) is 6.07 Å². The highest BCUT2D eigenvalue weighted by Crippen LogP contribution is 2.32. The summed E-state index contributed by atoms with van der Waals surface area (Å²) < 4.78 is 11.4. The Bertz CT molecular complexity index is 1160. The lowest BCUT2D eigenvalue weighted by atomic mass is 9.94. The summed E-state index contributed by atoms with van der Waals surface area (Å²) in [6.07, 6.45) is -0.164. The molecular weight excluding hydrogens is 495 g/mol. The van der Waals surface area contributed by atoms with Crippen LogP contribution in [0.2, 0.25) is 10.0 Å². The minimum atomic E-state index is -0.999. The Kier molecular flexibility index (Phi) is 8.92. The minimum Gasteiger partial charge on any atom is -0.507 e. The predicted octanol–water partition coefficient (Wildman–Crippen LogP) is 5.28. The van der Waals surface area contributed by atoms with Crippen LogP contribution in [0, 0.1) is 5.92 Å². The summed E-state index contributed by atoms with van der Waals surface area (Å²) in [6.45, 7) is 3.59. The van der Waals surface area contributed by atoms with Gasteiger partial charge >= 0.3 is 5.97 Å². The number of rotatable bonds is 3. The molecule has 2 atom stereocenters. The van der Waals surface area contributed by atoms with Crippen molar-refractivity contribution in [3.05, 3.63) is 57.1 Å². The van der Waals surface area contributed by atoms with E-state index >= 15 is 0 Å². The fraction of sp³-hybridized carbons (Fsp3) is 0.385. The molecule has 3 rings (SSSR count). The third-order valence-electron chi connectivity index (χ3n) is 6.04. The molecule has 1 N–H and O–H groups in total. The first-order valence-electron chi connectivity index (χ1n) is 11.3. The number of hydrogen-bond donors (Lipinski definition) is 1. The van der Waals surface area contributed by atoms with E-state index in [9.17, 15) is 24.3 Å². The van der Waals surface area contributed by atoms with E-state index < -0.39 is 29.4 Å². The van der Waals surface area contributed by atoms with E-state index in [4.69, 9.17) is 32.7 Å². The summed E-state index contributed by atoms with van der Waals surface area (Å²) in [4.78, 5) is 49.4. The SMILES string of the molecule is C[C@@H]1OC(=O)c2c(O)cc(OCc3ccc(Cl)c(Cl)c3)cc2CCCC(=O)C(=O)C(=O)CC[C@@H]1C. The number of aryl methyl sites for hydroxylation is 1. The number of hydrogen-bond acceptors (Lipinski definition) is 7. The van der Waals surface area contributed by atoms with Gasteiger partial charge in [0.15, 0.2) is 0 Å². The number of ketones is 3. The third kappa shape index (κ3) is 6.83. The number of carbonyl (C=O) groups excluding carboxylic acids is 4. The molecule has 0 saturated carbocycles. The number of halogens is 2. The average Bonchev–Trinajstić information content (AvgIpc) is 2.81. The lowest BCUT2D eigenvalue weighted by Gasteiger charge is -2.22. The maximum Gasteiger partial charge on any atom is 0.342 e. The van der Waals surface area contributed by atoms with Crippen LogP contribution in [0.25, 0.3) is 0 Å². The highest BCUT2D eigenvalue weighted by Gasteiger charge is 2.28. The number of ether oxygens (including phenoxy) is 2. The van der Waals surface area contributed by atoms with Crippen LogP contribution in [0.1, 0.15) is 61.0 Å². The fourth-order valence-electron chi connectivity index (χ4n) is 3.73. The lowest BCUT2D eigenvalue weighted by molar-refractivity contribution is -0.144.